The van der Waals surface area contributed by atoms with Gasteiger partial charge in [-0.2, -0.15) is 0 Å². The van der Waals surface area contributed by atoms with Crippen LogP contribution in [0.2, 0.25) is 0 Å². The lowest BCUT2D eigenvalue weighted by Gasteiger charge is -2.20. The minimum absolute atomic E-state index is 0.913. The van der Waals surface area contributed by atoms with Crippen LogP contribution in [0.5, 0.6) is 0 Å². The van der Waals surface area contributed by atoms with Crippen LogP contribution < -0.4 is 0 Å². The molecule has 7 aromatic carbocycles. The number of fused-ring (bicyclic) bond motifs is 6. The van der Waals surface area contributed by atoms with Crippen molar-refractivity contribution in [1.82, 2.24) is 15.0 Å². The van der Waals surface area contributed by atoms with Gasteiger partial charge in [-0.1, -0.05) is 140 Å². The van der Waals surface area contributed by atoms with Gasteiger partial charge in [0, 0.05) is 40.5 Å². The van der Waals surface area contributed by atoms with Crippen molar-refractivity contribution < 1.29 is 0 Å². The van der Waals surface area contributed by atoms with Crippen molar-refractivity contribution in [3.8, 4) is 44.6 Å². The molecule has 0 N–H and O–H groups in total. The van der Waals surface area contributed by atoms with E-state index >= 15 is 0 Å². The summed E-state index contributed by atoms with van der Waals surface area (Å²) in [4.78, 5) is 14.5. The number of nitrogens with zero attached hydrogens (tertiary/aromatic N) is 3. The van der Waals surface area contributed by atoms with E-state index in [9.17, 15) is 0 Å². The molecule has 0 saturated carbocycles. The summed E-state index contributed by atoms with van der Waals surface area (Å²) < 4.78 is 0. The molecule has 0 amide bonds. The van der Waals surface area contributed by atoms with Gasteiger partial charge in [-0.3, -0.25) is 9.97 Å². The van der Waals surface area contributed by atoms with Crippen LogP contribution in [0.25, 0.3) is 98.8 Å². The minimum atomic E-state index is 0.913. The summed E-state index contributed by atoms with van der Waals surface area (Å²) in [6, 6.07) is 56.4. The second-order valence-electron chi connectivity index (χ2n) is 12.7. The molecule has 50 heavy (non-hydrogen) atoms. The molecule has 3 heteroatoms. The molecule has 10 rings (SSSR count). The van der Waals surface area contributed by atoms with E-state index in [0.29, 0.717) is 0 Å². The predicted octanol–water partition coefficient (Wildman–Crippen LogP) is 12.3. The lowest BCUT2D eigenvalue weighted by Crippen LogP contribution is -1.94. The van der Waals surface area contributed by atoms with Gasteiger partial charge < -0.3 is 0 Å². The lowest BCUT2D eigenvalue weighted by molar-refractivity contribution is 1.33. The number of rotatable bonds is 4. The molecule has 3 nitrogen and oxygen atoms in total. The van der Waals surface area contributed by atoms with Crippen molar-refractivity contribution in [3.05, 3.63) is 176 Å². The van der Waals surface area contributed by atoms with Crippen LogP contribution in [0.1, 0.15) is 0 Å². The molecule has 0 aliphatic heterocycles. The first-order chi connectivity index (χ1) is 24.8. The average molecular weight is 636 g/mol. The first kappa shape index (κ1) is 28.3. The Morgan fingerprint density at radius 3 is 1.66 bits per heavy atom. The van der Waals surface area contributed by atoms with Gasteiger partial charge in [-0.05, 0) is 78.3 Å². The largest absolute Gasteiger partial charge is 0.264 e. The summed E-state index contributed by atoms with van der Waals surface area (Å²) in [5, 5.41) is 9.45. The Labute approximate surface area is 289 Å². The average Bonchev–Trinajstić information content (AvgIpc) is 3.20. The number of pyridine rings is 3. The summed E-state index contributed by atoms with van der Waals surface area (Å²) in [6.07, 6.45) is 5.67. The zero-order valence-electron chi connectivity index (χ0n) is 27.1. The van der Waals surface area contributed by atoms with Crippen LogP contribution in [-0.2, 0) is 0 Å². The number of hydrogen-bond donors (Lipinski definition) is 0. The van der Waals surface area contributed by atoms with E-state index in [1.54, 1.807) is 0 Å². The number of benzene rings is 7. The van der Waals surface area contributed by atoms with Crippen molar-refractivity contribution >= 4 is 54.1 Å². The smallest absolute Gasteiger partial charge is 0.0978 e. The van der Waals surface area contributed by atoms with Crippen molar-refractivity contribution in [1.29, 1.82) is 0 Å². The standard InChI is InChI=1S/C47H29N3/c1-2-12-30(13-3-1)43-28-42(41-23-22-31-14-11-27-49-46(31)47(41)50-43)35-24-25-40(34-17-5-4-16-33(34)35)45-38-20-8-6-18-36(38)44(32-15-10-26-48-29-32)37-19-7-9-21-39(37)45/h1-29H. The highest BCUT2D eigenvalue weighted by molar-refractivity contribution is 6.24. The van der Waals surface area contributed by atoms with Crippen LogP contribution in [0.3, 0.4) is 0 Å². The van der Waals surface area contributed by atoms with E-state index in [-0.39, 0.29) is 0 Å². The highest BCUT2D eigenvalue weighted by Crippen LogP contribution is 2.47. The first-order valence-electron chi connectivity index (χ1n) is 16.9. The summed E-state index contributed by atoms with van der Waals surface area (Å²) in [6.45, 7) is 0. The van der Waals surface area contributed by atoms with Crippen LogP contribution in [0.4, 0.5) is 0 Å². The first-order valence-corrected chi connectivity index (χ1v) is 16.9. The Bertz CT molecular complexity index is 2860. The van der Waals surface area contributed by atoms with Crippen molar-refractivity contribution in [2.75, 3.05) is 0 Å². The molecular weight excluding hydrogens is 607 g/mol. The summed E-state index contributed by atoms with van der Waals surface area (Å²) in [5.41, 5.74) is 10.9. The normalized spacial score (nSPS) is 11.6. The Kier molecular flexibility index (Phi) is 6.49. The molecule has 0 aliphatic carbocycles. The van der Waals surface area contributed by atoms with Crippen molar-refractivity contribution in [2.24, 2.45) is 0 Å². The van der Waals surface area contributed by atoms with E-state index in [4.69, 9.17) is 9.97 Å². The third-order valence-corrected chi connectivity index (χ3v) is 9.99. The Morgan fingerprint density at radius 1 is 0.360 bits per heavy atom. The number of hydrogen-bond acceptors (Lipinski definition) is 3. The zero-order chi connectivity index (χ0) is 33.0. The lowest BCUT2D eigenvalue weighted by atomic mass is 9.83. The SMILES string of the molecule is c1ccc(-c2cc(-c3ccc(-c4c5ccccc5c(-c5cccnc5)c5ccccc45)c4ccccc34)c3ccc4cccnc4c3n2)cc1. The number of aromatic nitrogens is 3. The van der Waals surface area contributed by atoms with E-state index < -0.39 is 0 Å². The maximum Gasteiger partial charge on any atom is 0.0978 e. The molecule has 10 aromatic rings. The van der Waals surface area contributed by atoms with E-state index in [1.165, 1.54) is 54.6 Å². The summed E-state index contributed by atoms with van der Waals surface area (Å²) in [7, 11) is 0. The van der Waals surface area contributed by atoms with Crippen LogP contribution in [0, 0.1) is 0 Å². The molecule has 232 valence electrons. The predicted molar refractivity (Wildman–Crippen MR) is 209 cm³/mol. The van der Waals surface area contributed by atoms with Gasteiger partial charge >= 0.3 is 0 Å². The topological polar surface area (TPSA) is 38.7 Å². The highest BCUT2D eigenvalue weighted by atomic mass is 14.8. The monoisotopic (exact) mass is 635 g/mol. The molecule has 0 atom stereocenters. The second kappa shape index (κ2) is 11.5. The van der Waals surface area contributed by atoms with Crippen molar-refractivity contribution in [2.45, 2.75) is 0 Å². The Morgan fingerprint density at radius 2 is 0.960 bits per heavy atom. The van der Waals surface area contributed by atoms with Crippen LogP contribution in [0.15, 0.2) is 176 Å². The van der Waals surface area contributed by atoms with E-state index in [0.717, 1.165) is 44.2 Å². The zero-order valence-corrected chi connectivity index (χ0v) is 27.1. The summed E-state index contributed by atoms with van der Waals surface area (Å²) in [5.74, 6) is 0. The van der Waals surface area contributed by atoms with Gasteiger partial charge in [0.2, 0.25) is 0 Å². The van der Waals surface area contributed by atoms with Gasteiger partial charge in [0.15, 0.2) is 0 Å². The molecule has 0 unspecified atom stereocenters. The molecule has 0 aliphatic rings. The molecule has 0 fully saturated rings. The molecule has 0 spiro atoms. The van der Waals surface area contributed by atoms with Gasteiger partial charge in [0.1, 0.15) is 0 Å². The molecule has 0 saturated heterocycles. The van der Waals surface area contributed by atoms with Gasteiger partial charge in [0.05, 0.1) is 16.7 Å². The van der Waals surface area contributed by atoms with Gasteiger partial charge in [0.25, 0.3) is 0 Å². The van der Waals surface area contributed by atoms with Crippen molar-refractivity contribution in [3.63, 3.8) is 0 Å². The maximum absolute atomic E-state index is 5.24. The molecule has 0 bridgehead atoms. The maximum atomic E-state index is 5.24. The quantitative estimate of drug-likeness (QED) is 0.143. The molecule has 0 radical (unpaired) electrons. The van der Waals surface area contributed by atoms with Crippen LogP contribution in [-0.4, -0.2) is 15.0 Å². The van der Waals surface area contributed by atoms with E-state index in [1.807, 2.05) is 36.8 Å². The van der Waals surface area contributed by atoms with E-state index in [2.05, 4.69) is 145 Å². The fourth-order valence-electron chi connectivity index (χ4n) is 7.80. The summed E-state index contributed by atoms with van der Waals surface area (Å²) >= 11 is 0. The Balaban J connectivity index is 1.29. The fraction of sp³-hybridized carbons (Fsp3) is 0. The third kappa shape index (κ3) is 4.41. The van der Waals surface area contributed by atoms with Gasteiger partial charge in [-0.15, -0.1) is 0 Å². The van der Waals surface area contributed by atoms with Crippen LogP contribution >= 0.6 is 0 Å². The minimum Gasteiger partial charge on any atom is -0.264 e. The highest BCUT2D eigenvalue weighted by Gasteiger charge is 2.20. The molecular formula is C47H29N3. The fourth-order valence-corrected chi connectivity index (χ4v) is 7.80. The second-order valence-corrected chi connectivity index (χ2v) is 12.7. The van der Waals surface area contributed by atoms with Gasteiger partial charge in [-0.25, -0.2) is 4.98 Å². The third-order valence-electron chi connectivity index (χ3n) is 9.99. The molecule has 3 aromatic heterocycles. The molecule has 3 heterocycles. The Hall–Kier alpha value is -6.71.